The van der Waals surface area contributed by atoms with Crippen LogP contribution >= 0.6 is 11.6 Å². The van der Waals surface area contributed by atoms with Gasteiger partial charge in [-0.25, -0.2) is 13.4 Å². The summed E-state index contributed by atoms with van der Waals surface area (Å²) < 4.78 is 28.5. The lowest BCUT2D eigenvalue weighted by atomic mass is 10.2. The van der Waals surface area contributed by atoms with Gasteiger partial charge < -0.3 is 14.9 Å². The van der Waals surface area contributed by atoms with Crippen molar-refractivity contribution in [3.63, 3.8) is 0 Å². The second kappa shape index (κ2) is 7.38. The van der Waals surface area contributed by atoms with Gasteiger partial charge in [-0.1, -0.05) is 29.8 Å². The van der Waals surface area contributed by atoms with Gasteiger partial charge in [0.1, 0.15) is 10.6 Å². The number of carbonyl (C=O) groups excluding carboxylic acids is 1. The van der Waals surface area contributed by atoms with Crippen LogP contribution in [0.15, 0.2) is 70.8 Å². The Labute approximate surface area is 172 Å². The minimum Gasteiger partial charge on any atom is -0.349 e. The molecule has 2 aromatic heterocycles. The highest BCUT2D eigenvalue weighted by atomic mass is 35.5. The maximum absolute atomic E-state index is 13.4. The molecule has 148 valence electrons. The quantitative estimate of drug-likeness (QED) is 0.509. The molecule has 9 heteroatoms. The monoisotopic (exact) mass is 428 g/mol. The summed E-state index contributed by atoms with van der Waals surface area (Å²) in [6, 6.07) is 12.8. The second-order valence-electron chi connectivity index (χ2n) is 6.55. The number of H-pyrrole nitrogens is 1. The molecule has 0 radical (unpaired) electrons. The minimum absolute atomic E-state index is 0.0398. The van der Waals surface area contributed by atoms with Gasteiger partial charge in [0.15, 0.2) is 0 Å². The number of carbonyl (C=O) groups is 1. The van der Waals surface area contributed by atoms with Crippen LogP contribution in [-0.4, -0.2) is 28.9 Å². The zero-order valence-corrected chi connectivity index (χ0v) is 17.0. The maximum Gasteiger partial charge on any atom is 0.269 e. The number of halogens is 1. The number of aromatic nitrogens is 3. The zero-order chi connectivity index (χ0) is 20.6. The molecule has 4 rings (SSSR count). The summed E-state index contributed by atoms with van der Waals surface area (Å²) in [5.74, 6) is -0.544. The first-order valence-electron chi connectivity index (χ1n) is 8.72. The Kier molecular flexibility index (Phi) is 4.89. The maximum atomic E-state index is 13.4. The fourth-order valence-electron chi connectivity index (χ4n) is 3.11. The molecule has 7 nitrogen and oxygen atoms in total. The van der Waals surface area contributed by atoms with Crippen LogP contribution < -0.4 is 5.32 Å². The van der Waals surface area contributed by atoms with Gasteiger partial charge in [-0.3, -0.25) is 4.79 Å². The molecule has 0 unspecified atom stereocenters. The van der Waals surface area contributed by atoms with Crippen LogP contribution in [0.5, 0.6) is 0 Å². The molecule has 0 saturated carbocycles. The fraction of sp³-hybridized carbons (Fsp3) is 0.100. The average Bonchev–Trinajstić information content (AvgIpc) is 3.30. The third-order valence-corrected chi connectivity index (χ3v) is 6.54. The molecule has 0 aliphatic heterocycles. The van der Waals surface area contributed by atoms with E-state index in [1.165, 1.54) is 12.1 Å². The Morgan fingerprint density at radius 3 is 2.66 bits per heavy atom. The van der Waals surface area contributed by atoms with Gasteiger partial charge in [-0.05, 0) is 30.3 Å². The highest BCUT2D eigenvalue weighted by Gasteiger charge is 2.29. The smallest absolute Gasteiger partial charge is 0.269 e. The lowest BCUT2D eigenvalue weighted by Gasteiger charge is -2.08. The number of hydrogen-bond acceptors (Lipinski definition) is 4. The van der Waals surface area contributed by atoms with E-state index in [1.54, 1.807) is 53.5 Å². The lowest BCUT2D eigenvalue weighted by molar-refractivity contribution is 0.0943. The zero-order valence-electron chi connectivity index (χ0n) is 15.4. The van der Waals surface area contributed by atoms with Crippen LogP contribution in [0.3, 0.4) is 0 Å². The van der Waals surface area contributed by atoms with Crippen molar-refractivity contribution in [1.82, 2.24) is 19.9 Å². The molecule has 0 atom stereocenters. The molecule has 0 spiro atoms. The fourth-order valence-corrected chi connectivity index (χ4v) is 4.91. The van der Waals surface area contributed by atoms with Gasteiger partial charge in [-0.15, -0.1) is 0 Å². The van der Waals surface area contributed by atoms with Crippen molar-refractivity contribution in [2.24, 2.45) is 7.05 Å². The Morgan fingerprint density at radius 2 is 1.97 bits per heavy atom. The van der Waals surface area contributed by atoms with Crippen molar-refractivity contribution in [3.8, 4) is 0 Å². The number of nitrogens with one attached hydrogen (secondary N) is 2. The molecule has 2 N–H and O–H groups in total. The van der Waals surface area contributed by atoms with Crippen LogP contribution in [0, 0.1) is 0 Å². The Bertz CT molecular complexity index is 1310. The van der Waals surface area contributed by atoms with Gasteiger partial charge in [0.2, 0.25) is 9.84 Å². The predicted molar refractivity (Wildman–Crippen MR) is 110 cm³/mol. The molecule has 2 heterocycles. The minimum atomic E-state index is -3.96. The van der Waals surface area contributed by atoms with Crippen molar-refractivity contribution in [1.29, 1.82) is 0 Å². The number of nitrogens with zero attached hydrogens (tertiary/aromatic N) is 2. The Balaban J connectivity index is 1.81. The number of aryl methyl sites for hydroxylation is 1. The summed E-state index contributed by atoms with van der Waals surface area (Å²) in [5, 5.41) is 3.47. The van der Waals surface area contributed by atoms with E-state index >= 15 is 0 Å². The molecule has 0 bridgehead atoms. The van der Waals surface area contributed by atoms with E-state index in [4.69, 9.17) is 11.6 Å². The van der Waals surface area contributed by atoms with Crippen molar-refractivity contribution >= 4 is 38.2 Å². The Hall–Kier alpha value is -3.10. The highest BCUT2D eigenvalue weighted by Crippen LogP contribution is 2.33. The SMILES string of the molecule is Cn1cnc(CNC(=O)c2[nH]c3ccc(Cl)cc3c2S(=O)(=O)c2ccccc2)c1. The highest BCUT2D eigenvalue weighted by molar-refractivity contribution is 7.91. The van der Waals surface area contributed by atoms with Crippen molar-refractivity contribution in [3.05, 3.63) is 77.5 Å². The summed E-state index contributed by atoms with van der Waals surface area (Å²) >= 11 is 6.10. The topological polar surface area (TPSA) is 96.8 Å². The molecule has 29 heavy (non-hydrogen) atoms. The van der Waals surface area contributed by atoms with E-state index in [0.717, 1.165) is 0 Å². The number of sulfone groups is 1. The summed E-state index contributed by atoms with van der Waals surface area (Å²) in [5.41, 5.74) is 1.13. The van der Waals surface area contributed by atoms with Crippen LogP contribution in [0.4, 0.5) is 0 Å². The van der Waals surface area contributed by atoms with E-state index in [0.29, 0.717) is 21.6 Å². The molecule has 2 aromatic carbocycles. The molecule has 1 amide bonds. The molecule has 0 aliphatic rings. The molecule has 4 aromatic rings. The standard InChI is InChI=1S/C20H17ClN4O3S/c1-25-11-14(23-12-25)10-22-20(26)18-19(16-9-13(21)7-8-17(16)24-18)29(27,28)15-5-3-2-4-6-15/h2-9,11-12,24H,10H2,1H3,(H,22,26). The van der Waals surface area contributed by atoms with Gasteiger partial charge in [0, 0.05) is 29.2 Å². The number of aromatic amines is 1. The molecule has 0 fully saturated rings. The van der Waals surface area contributed by atoms with Gasteiger partial charge >= 0.3 is 0 Å². The number of hydrogen-bond donors (Lipinski definition) is 2. The van der Waals surface area contributed by atoms with Gasteiger partial charge in [0.25, 0.3) is 5.91 Å². The normalized spacial score (nSPS) is 11.7. The molecular weight excluding hydrogens is 412 g/mol. The summed E-state index contributed by atoms with van der Waals surface area (Å²) in [6.45, 7) is 0.167. The van der Waals surface area contributed by atoms with E-state index in [9.17, 15) is 13.2 Å². The summed E-state index contributed by atoms with van der Waals surface area (Å²) in [4.78, 5) is 20.0. The van der Waals surface area contributed by atoms with E-state index in [-0.39, 0.29) is 22.0 Å². The number of amides is 1. The third-order valence-electron chi connectivity index (χ3n) is 4.45. The van der Waals surface area contributed by atoms with Crippen LogP contribution in [0.2, 0.25) is 5.02 Å². The third kappa shape index (κ3) is 3.64. The Morgan fingerprint density at radius 1 is 1.21 bits per heavy atom. The number of rotatable bonds is 5. The molecular formula is C20H17ClN4O3S. The van der Waals surface area contributed by atoms with Crippen LogP contribution in [0.1, 0.15) is 16.2 Å². The summed E-state index contributed by atoms with van der Waals surface area (Å²) in [6.07, 6.45) is 3.39. The first kappa shape index (κ1) is 19.2. The van der Waals surface area contributed by atoms with Crippen molar-refractivity contribution < 1.29 is 13.2 Å². The predicted octanol–water partition coefficient (Wildman–Crippen LogP) is 3.32. The molecule has 0 saturated heterocycles. The van der Waals surface area contributed by atoms with Gasteiger partial charge in [-0.2, -0.15) is 0 Å². The van der Waals surface area contributed by atoms with Crippen molar-refractivity contribution in [2.75, 3.05) is 0 Å². The van der Waals surface area contributed by atoms with Gasteiger partial charge in [0.05, 0.1) is 23.5 Å². The second-order valence-corrected chi connectivity index (χ2v) is 8.87. The summed E-state index contributed by atoms with van der Waals surface area (Å²) in [7, 11) is -2.14. The van der Waals surface area contributed by atoms with E-state index < -0.39 is 15.7 Å². The molecule has 0 aliphatic carbocycles. The van der Waals surface area contributed by atoms with E-state index in [1.807, 2.05) is 7.05 Å². The lowest BCUT2D eigenvalue weighted by Crippen LogP contribution is -2.25. The largest absolute Gasteiger partial charge is 0.349 e. The number of imidazole rings is 1. The average molecular weight is 429 g/mol. The number of benzene rings is 2. The first-order chi connectivity index (χ1) is 13.9. The number of fused-ring (bicyclic) bond motifs is 1. The van der Waals surface area contributed by atoms with E-state index in [2.05, 4.69) is 15.3 Å². The first-order valence-corrected chi connectivity index (χ1v) is 10.6. The van der Waals surface area contributed by atoms with Crippen LogP contribution in [-0.2, 0) is 23.4 Å². The van der Waals surface area contributed by atoms with Crippen LogP contribution in [0.25, 0.3) is 10.9 Å². The van der Waals surface area contributed by atoms with Crippen molar-refractivity contribution in [2.45, 2.75) is 16.3 Å².